The van der Waals surface area contributed by atoms with Crippen molar-refractivity contribution >= 4 is 38.0 Å². The van der Waals surface area contributed by atoms with Crippen molar-refractivity contribution in [1.29, 1.82) is 0 Å². The van der Waals surface area contributed by atoms with Crippen LogP contribution in [0.2, 0.25) is 0 Å². The highest BCUT2D eigenvalue weighted by atomic mass is 32.2. The van der Waals surface area contributed by atoms with Gasteiger partial charge in [0.25, 0.3) is 0 Å². The van der Waals surface area contributed by atoms with E-state index in [1.165, 1.54) is 23.5 Å². The Morgan fingerprint density at radius 1 is 1.03 bits per heavy atom. The molecule has 2 heterocycles. The van der Waals surface area contributed by atoms with E-state index < -0.39 is 10.0 Å². The Morgan fingerprint density at radius 3 is 2.41 bits per heavy atom. The van der Waals surface area contributed by atoms with Crippen molar-refractivity contribution in [2.75, 3.05) is 24.3 Å². The van der Waals surface area contributed by atoms with E-state index in [4.69, 9.17) is 14.9 Å². The predicted octanol–water partition coefficient (Wildman–Crippen LogP) is 4.45. The summed E-state index contributed by atoms with van der Waals surface area (Å²) in [4.78, 5) is 11.0. The number of ether oxygens (including phenoxy) is 1. The number of nitrogens with one attached hydrogen (secondary N) is 1. The first-order valence-corrected chi connectivity index (χ1v) is 11.9. The fourth-order valence-electron chi connectivity index (χ4n) is 2.86. The van der Waals surface area contributed by atoms with Crippen molar-refractivity contribution < 1.29 is 13.2 Å². The molecule has 4 rings (SSSR count). The van der Waals surface area contributed by atoms with Crippen LogP contribution in [0.3, 0.4) is 0 Å². The molecule has 0 amide bonds. The summed E-state index contributed by atoms with van der Waals surface area (Å²) >= 11 is 1.45. The SMILES string of the molecule is CN(C)c1nc(-c2ccccc2)c(Oc2ccnc(Nc3ccc(S(N)(=O)=O)cc3)c2)s1. The number of thiazole rings is 1. The lowest BCUT2D eigenvalue weighted by molar-refractivity contribution is 0.496. The highest BCUT2D eigenvalue weighted by Gasteiger charge is 2.17. The minimum atomic E-state index is -3.74. The average molecular weight is 468 g/mol. The van der Waals surface area contributed by atoms with Crippen LogP contribution in [-0.2, 0) is 10.0 Å². The van der Waals surface area contributed by atoms with Crippen molar-refractivity contribution in [3.63, 3.8) is 0 Å². The number of benzene rings is 2. The molecule has 0 aliphatic carbocycles. The van der Waals surface area contributed by atoms with E-state index in [2.05, 4.69) is 10.3 Å². The molecule has 0 saturated carbocycles. The van der Waals surface area contributed by atoms with E-state index in [0.717, 1.165) is 16.4 Å². The fraction of sp³-hybridized carbons (Fsp3) is 0.0909. The minimum Gasteiger partial charge on any atom is -0.444 e. The number of sulfonamides is 1. The standard InChI is InChI=1S/C22H21N5O3S2/c1-27(2)22-26-20(15-6-4-3-5-7-15)21(31-22)30-17-12-13-24-19(14-17)25-16-8-10-18(11-9-16)32(23,28)29/h3-14H,1-2H3,(H,24,25)(H2,23,28,29). The van der Waals surface area contributed by atoms with E-state index >= 15 is 0 Å². The molecule has 4 aromatic rings. The van der Waals surface area contributed by atoms with Gasteiger partial charge in [-0.1, -0.05) is 41.7 Å². The molecule has 0 radical (unpaired) electrons. The van der Waals surface area contributed by atoms with E-state index in [1.54, 1.807) is 30.5 Å². The molecule has 3 N–H and O–H groups in total. The first-order valence-electron chi connectivity index (χ1n) is 9.57. The molecule has 0 atom stereocenters. The summed E-state index contributed by atoms with van der Waals surface area (Å²) in [5, 5.41) is 9.78. The second kappa shape index (κ2) is 8.95. The van der Waals surface area contributed by atoms with Crippen LogP contribution in [0.5, 0.6) is 10.8 Å². The minimum absolute atomic E-state index is 0.0448. The van der Waals surface area contributed by atoms with Gasteiger partial charge in [-0.05, 0) is 30.3 Å². The van der Waals surface area contributed by atoms with Gasteiger partial charge in [-0.2, -0.15) is 0 Å². The van der Waals surface area contributed by atoms with Crippen LogP contribution in [0, 0.1) is 0 Å². The largest absolute Gasteiger partial charge is 0.444 e. The molecule has 32 heavy (non-hydrogen) atoms. The second-order valence-electron chi connectivity index (χ2n) is 7.07. The van der Waals surface area contributed by atoms with Gasteiger partial charge in [0.2, 0.25) is 15.1 Å². The number of aromatic nitrogens is 2. The number of hydrogen-bond acceptors (Lipinski definition) is 8. The number of nitrogens with two attached hydrogens (primary N) is 1. The van der Waals surface area contributed by atoms with Gasteiger partial charge in [0.15, 0.2) is 5.13 Å². The Balaban J connectivity index is 1.58. The van der Waals surface area contributed by atoms with Gasteiger partial charge in [0, 0.05) is 37.6 Å². The number of anilines is 3. The van der Waals surface area contributed by atoms with E-state index in [0.29, 0.717) is 22.3 Å². The summed E-state index contributed by atoms with van der Waals surface area (Å²) in [5.74, 6) is 1.14. The smallest absolute Gasteiger partial charge is 0.238 e. The van der Waals surface area contributed by atoms with Gasteiger partial charge in [-0.25, -0.2) is 23.5 Å². The normalized spacial score (nSPS) is 11.2. The molecule has 0 aliphatic rings. The number of primary sulfonamides is 1. The summed E-state index contributed by atoms with van der Waals surface area (Å²) in [6, 6.07) is 19.5. The summed E-state index contributed by atoms with van der Waals surface area (Å²) in [7, 11) is 0.138. The number of hydrogen-bond donors (Lipinski definition) is 2. The van der Waals surface area contributed by atoms with Gasteiger partial charge in [-0.15, -0.1) is 0 Å². The molecule has 2 aromatic heterocycles. The number of nitrogens with zero attached hydrogens (tertiary/aromatic N) is 3. The maximum Gasteiger partial charge on any atom is 0.238 e. The van der Waals surface area contributed by atoms with Crippen molar-refractivity contribution in [2.24, 2.45) is 5.14 Å². The third-order valence-electron chi connectivity index (χ3n) is 4.41. The summed E-state index contributed by atoms with van der Waals surface area (Å²) in [6.45, 7) is 0. The monoisotopic (exact) mass is 467 g/mol. The lowest BCUT2D eigenvalue weighted by Gasteiger charge is -2.09. The maximum atomic E-state index is 11.4. The van der Waals surface area contributed by atoms with Crippen LogP contribution in [-0.4, -0.2) is 32.5 Å². The van der Waals surface area contributed by atoms with Gasteiger partial charge < -0.3 is 15.0 Å². The second-order valence-corrected chi connectivity index (χ2v) is 9.57. The molecule has 0 bridgehead atoms. The Morgan fingerprint density at radius 2 is 1.75 bits per heavy atom. The van der Waals surface area contributed by atoms with Gasteiger partial charge in [0.05, 0.1) is 4.90 Å². The molecule has 0 fully saturated rings. The Hall–Kier alpha value is -3.47. The molecular weight excluding hydrogens is 446 g/mol. The first kappa shape index (κ1) is 21.8. The zero-order valence-corrected chi connectivity index (χ0v) is 19.0. The Kier molecular flexibility index (Phi) is 6.08. The fourth-order valence-corrected chi connectivity index (χ4v) is 4.26. The maximum absolute atomic E-state index is 11.4. The summed E-state index contributed by atoms with van der Waals surface area (Å²) < 4.78 is 29.0. The number of rotatable bonds is 7. The van der Waals surface area contributed by atoms with Crippen LogP contribution in [0.15, 0.2) is 77.8 Å². The molecule has 10 heteroatoms. The van der Waals surface area contributed by atoms with Gasteiger partial charge in [-0.3, -0.25) is 0 Å². The highest BCUT2D eigenvalue weighted by Crippen LogP contribution is 2.41. The van der Waals surface area contributed by atoms with E-state index in [1.807, 2.05) is 49.3 Å². The zero-order chi connectivity index (χ0) is 22.7. The topological polar surface area (TPSA) is 110 Å². The zero-order valence-electron chi connectivity index (χ0n) is 17.4. The van der Waals surface area contributed by atoms with Crippen LogP contribution < -0.4 is 20.1 Å². The van der Waals surface area contributed by atoms with Crippen molar-refractivity contribution in [1.82, 2.24) is 9.97 Å². The van der Waals surface area contributed by atoms with Crippen molar-refractivity contribution in [3.8, 4) is 22.1 Å². The third-order valence-corrected chi connectivity index (χ3v) is 6.44. The molecule has 8 nitrogen and oxygen atoms in total. The van der Waals surface area contributed by atoms with Crippen LogP contribution in [0.4, 0.5) is 16.6 Å². The lowest BCUT2D eigenvalue weighted by atomic mass is 10.2. The van der Waals surface area contributed by atoms with Crippen LogP contribution in [0.25, 0.3) is 11.3 Å². The quantitative estimate of drug-likeness (QED) is 0.413. The predicted molar refractivity (Wildman–Crippen MR) is 127 cm³/mol. The van der Waals surface area contributed by atoms with Crippen molar-refractivity contribution in [3.05, 3.63) is 72.9 Å². The van der Waals surface area contributed by atoms with Crippen LogP contribution in [0.1, 0.15) is 0 Å². The summed E-state index contributed by atoms with van der Waals surface area (Å²) in [5.41, 5.74) is 2.40. The van der Waals surface area contributed by atoms with Gasteiger partial charge >= 0.3 is 0 Å². The Labute approximate surface area is 190 Å². The first-order chi connectivity index (χ1) is 15.3. The molecular formula is C22H21N5O3S2. The Bertz CT molecular complexity index is 1320. The third kappa shape index (κ3) is 5.05. The average Bonchev–Trinajstić information content (AvgIpc) is 3.18. The van der Waals surface area contributed by atoms with Crippen molar-refractivity contribution in [2.45, 2.75) is 4.90 Å². The highest BCUT2D eigenvalue weighted by molar-refractivity contribution is 7.89. The molecule has 0 unspecified atom stereocenters. The molecule has 0 aliphatic heterocycles. The van der Waals surface area contributed by atoms with Crippen LogP contribution >= 0.6 is 11.3 Å². The number of pyridine rings is 1. The van der Waals surface area contributed by atoms with Gasteiger partial charge in [0.1, 0.15) is 17.3 Å². The molecule has 164 valence electrons. The van der Waals surface area contributed by atoms with E-state index in [-0.39, 0.29) is 4.90 Å². The lowest BCUT2D eigenvalue weighted by Crippen LogP contribution is -2.11. The molecule has 2 aromatic carbocycles. The van der Waals surface area contributed by atoms with E-state index in [9.17, 15) is 8.42 Å². The molecule has 0 spiro atoms. The summed E-state index contributed by atoms with van der Waals surface area (Å²) in [6.07, 6.45) is 1.63. The molecule has 0 saturated heterocycles.